The smallest absolute Gasteiger partial charge is 0.146 e. The molecule has 0 saturated heterocycles. The van der Waals surface area contributed by atoms with Gasteiger partial charge in [-0.2, -0.15) is 5.10 Å². The van der Waals surface area contributed by atoms with E-state index < -0.39 is 0 Å². The zero-order valence-corrected chi connectivity index (χ0v) is 11.5. The molecule has 2 N–H and O–H groups in total. The number of hydrogen-bond acceptors (Lipinski definition) is 3. The van der Waals surface area contributed by atoms with E-state index in [4.69, 9.17) is 10.5 Å². The lowest BCUT2D eigenvalue weighted by Crippen LogP contribution is -2.00. The zero-order valence-electron chi connectivity index (χ0n) is 11.5. The summed E-state index contributed by atoms with van der Waals surface area (Å²) >= 11 is 0. The summed E-state index contributed by atoms with van der Waals surface area (Å²) in [6.45, 7) is 6.22. The molecule has 2 aromatic rings. The Hall–Kier alpha value is -1.97. The molecule has 1 aromatic carbocycles. The Bertz CT molecular complexity index is 600. The number of aryl methyl sites for hydroxylation is 2. The second kappa shape index (κ2) is 4.37. The number of nitrogens with two attached hydrogens (primary N) is 1. The van der Waals surface area contributed by atoms with Gasteiger partial charge in [0.05, 0.1) is 12.8 Å². The molecule has 0 amide bonds. The fourth-order valence-corrected chi connectivity index (χ4v) is 2.38. The molecule has 4 nitrogen and oxygen atoms in total. The van der Waals surface area contributed by atoms with Crippen LogP contribution < -0.4 is 10.5 Å². The number of nitrogens with zero attached hydrogens (tertiary/aromatic N) is 2. The first kappa shape index (κ1) is 12.5. The second-order valence-electron chi connectivity index (χ2n) is 4.60. The van der Waals surface area contributed by atoms with Crippen molar-refractivity contribution in [3.05, 3.63) is 28.8 Å². The van der Waals surface area contributed by atoms with Crippen LogP contribution in [0.3, 0.4) is 0 Å². The van der Waals surface area contributed by atoms with Crippen LogP contribution in [-0.4, -0.2) is 16.9 Å². The number of anilines is 1. The van der Waals surface area contributed by atoms with Crippen LogP contribution in [0, 0.1) is 20.8 Å². The molecular formula is C14H19N3O. The number of rotatable bonds is 2. The molecule has 0 fully saturated rings. The minimum absolute atomic E-state index is 0.540. The molecule has 1 heterocycles. The summed E-state index contributed by atoms with van der Waals surface area (Å²) in [5.41, 5.74) is 11.4. The minimum atomic E-state index is 0.540. The standard InChI is InChI=1S/C14H19N3O/c1-8-6-11(9(2)10(3)14(8)18-5)12-7-13(15)16-17(12)4/h6-7H,1-5H3,(H2,15,16). The van der Waals surface area contributed by atoms with Crippen LogP contribution in [-0.2, 0) is 7.05 Å². The van der Waals surface area contributed by atoms with Crippen molar-refractivity contribution < 1.29 is 4.74 Å². The van der Waals surface area contributed by atoms with Gasteiger partial charge in [0.15, 0.2) is 0 Å². The van der Waals surface area contributed by atoms with Crippen LogP contribution in [0.2, 0.25) is 0 Å². The van der Waals surface area contributed by atoms with E-state index in [0.29, 0.717) is 5.82 Å². The Kier molecular flexibility index (Phi) is 3.03. The largest absolute Gasteiger partial charge is 0.496 e. The van der Waals surface area contributed by atoms with Gasteiger partial charge in [0.2, 0.25) is 0 Å². The van der Waals surface area contributed by atoms with Gasteiger partial charge in [-0.1, -0.05) is 0 Å². The van der Waals surface area contributed by atoms with E-state index in [2.05, 4.69) is 31.9 Å². The third kappa shape index (κ3) is 1.83. The molecule has 4 heteroatoms. The summed E-state index contributed by atoms with van der Waals surface area (Å²) in [6, 6.07) is 4.02. The summed E-state index contributed by atoms with van der Waals surface area (Å²) in [5.74, 6) is 1.49. The second-order valence-corrected chi connectivity index (χ2v) is 4.60. The third-order valence-electron chi connectivity index (χ3n) is 3.40. The summed E-state index contributed by atoms with van der Waals surface area (Å²) in [4.78, 5) is 0. The van der Waals surface area contributed by atoms with Crippen molar-refractivity contribution in [1.29, 1.82) is 0 Å². The molecule has 0 aliphatic carbocycles. The molecule has 0 bridgehead atoms. The molecule has 1 aromatic heterocycles. The average molecular weight is 245 g/mol. The Labute approximate surface area is 107 Å². The lowest BCUT2D eigenvalue weighted by molar-refractivity contribution is 0.408. The van der Waals surface area contributed by atoms with Crippen LogP contribution in [0.4, 0.5) is 5.82 Å². The van der Waals surface area contributed by atoms with Gasteiger partial charge < -0.3 is 10.5 Å². The van der Waals surface area contributed by atoms with Gasteiger partial charge in [-0.15, -0.1) is 0 Å². The first-order valence-electron chi connectivity index (χ1n) is 5.90. The zero-order chi connectivity index (χ0) is 13.4. The molecule has 0 atom stereocenters. The Morgan fingerprint density at radius 1 is 1.17 bits per heavy atom. The van der Waals surface area contributed by atoms with Crippen LogP contribution in [0.1, 0.15) is 16.7 Å². The summed E-state index contributed by atoms with van der Waals surface area (Å²) in [6.07, 6.45) is 0. The van der Waals surface area contributed by atoms with Crippen molar-refractivity contribution >= 4 is 5.82 Å². The lowest BCUT2D eigenvalue weighted by Gasteiger charge is -2.15. The first-order valence-corrected chi connectivity index (χ1v) is 5.90. The van der Waals surface area contributed by atoms with Crippen LogP contribution in [0.5, 0.6) is 5.75 Å². The van der Waals surface area contributed by atoms with E-state index in [1.807, 2.05) is 17.8 Å². The highest BCUT2D eigenvalue weighted by molar-refractivity contribution is 5.71. The maximum Gasteiger partial charge on any atom is 0.146 e. The van der Waals surface area contributed by atoms with E-state index in [0.717, 1.165) is 28.1 Å². The SMILES string of the molecule is COc1c(C)cc(-c2cc(N)nn2C)c(C)c1C. The molecule has 96 valence electrons. The van der Waals surface area contributed by atoms with Gasteiger partial charge in [-0.25, -0.2) is 0 Å². The summed E-state index contributed by atoms with van der Waals surface area (Å²) in [7, 11) is 3.61. The molecule has 0 spiro atoms. The normalized spacial score (nSPS) is 10.7. The van der Waals surface area contributed by atoms with Gasteiger partial charge in [-0.3, -0.25) is 4.68 Å². The maximum absolute atomic E-state index is 5.74. The molecule has 2 rings (SSSR count). The highest BCUT2D eigenvalue weighted by atomic mass is 16.5. The Balaban J connectivity index is 2.70. The van der Waals surface area contributed by atoms with Crippen LogP contribution in [0.15, 0.2) is 12.1 Å². The van der Waals surface area contributed by atoms with Crippen molar-refractivity contribution in [3.63, 3.8) is 0 Å². The molecule has 0 aliphatic heterocycles. The van der Waals surface area contributed by atoms with Crippen molar-refractivity contribution in [3.8, 4) is 17.0 Å². The van der Waals surface area contributed by atoms with Gasteiger partial charge in [0, 0.05) is 18.7 Å². The highest BCUT2D eigenvalue weighted by Gasteiger charge is 2.14. The topological polar surface area (TPSA) is 53.1 Å². The average Bonchev–Trinajstić information content (AvgIpc) is 2.64. The van der Waals surface area contributed by atoms with E-state index in [9.17, 15) is 0 Å². The number of benzene rings is 1. The van der Waals surface area contributed by atoms with Crippen molar-refractivity contribution in [2.75, 3.05) is 12.8 Å². The van der Waals surface area contributed by atoms with Gasteiger partial charge >= 0.3 is 0 Å². The van der Waals surface area contributed by atoms with Gasteiger partial charge in [0.1, 0.15) is 11.6 Å². The predicted molar refractivity (Wildman–Crippen MR) is 73.8 cm³/mol. The number of hydrogen-bond donors (Lipinski definition) is 1. The van der Waals surface area contributed by atoms with E-state index in [1.165, 1.54) is 5.56 Å². The molecule has 0 saturated carbocycles. The molecule has 18 heavy (non-hydrogen) atoms. The number of nitrogen functional groups attached to an aromatic ring is 1. The summed E-state index contributed by atoms with van der Waals surface area (Å²) < 4.78 is 7.24. The molecule has 0 radical (unpaired) electrons. The Morgan fingerprint density at radius 2 is 1.83 bits per heavy atom. The maximum atomic E-state index is 5.74. The quantitative estimate of drug-likeness (QED) is 0.884. The number of ether oxygens (including phenoxy) is 1. The van der Waals surface area contributed by atoms with Gasteiger partial charge in [0.25, 0.3) is 0 Å². The fourth-order valence-electron chi connectivity index (χ4n) is 2.38. The summed E-state index contributed by atoms with van der Waals surface area (Å²) in [5, 5.41) is 4.19. The number of aromatic nitrogens is 2. The fraction of sp³-hybridized carbons (Fsp3) is 0.357. The van der Waals surface area contributed by atoms with Crippen molar-refractivity contribution in [1.82, 2.24) is 9.78 Å². The highest BCUT2D eigenvalue weighted by Crippen LogP contribution is 2.34. The van der Waals surface area contributed by atoms with Crippen molar-refractivity contribution in [2.24, 2.45) is 7.05 Å². The Morgan fingerprint density at radius 3 is 2.33 bits per heavy atom. The van der Waals surface area contributed by atoms with Crippen LogP contribution in [0.25, 0.3) is 11.3 Å². The first-order chi connectivity index (χ1) is 8.45. The molecule has 0 aliphatic rings. The predicted octanol–water partition coefficient (Wildman–Crippen LogP) is 2.60. The molecular weight excluding hydrogens is 226 g/mol. The lowest BCUT2D eigenvalue weighted by atomic mass is 9.96. The minimum Gasteiger partial charge on any atom is -0.496 e. The van der Waals surface area contributed by atoms with E-state index >= 15 is 0 Å². The molecule has 0 unspecified atom stereocenters. The third-order valence-corrected chi connectivity index (χ3v) is 3.40. The number of methoxy groups -OCH3 is 1. The van der Waals surface area contributed by atoms with Gasteiger partial charge in [-0.05, 0) is 43.5 Å². The monoisotopic (exact) mass is 245 g/mol. The van der Waals surface area contributed by atoms with Crippen molar-refractivity contribution in [2.45, 2.75) is 20.8 Å². The van der Waals surface area contributed by atoms with E-state index in [1.54, 1.807) is 7.11 Å². The van der Waals surface area contributed by atoms with Crippen LogP contribution >= 0.6 is 0 Å². The van der Waals surface area contributed by atoms with E-state index in [-0.39, 0.29) is 0 Å².